The van der Waals surface area contributed by atoms with Gasteiger partial charge in [-0.1, -0.05) is 177 Å². The Morgan fingerprint density at radius 3 is 2.06 bits per heavy atom. The molecular formula is C60H55N5OPt-2. The predicted molar refractivity (Wildman–Crippen MR) is 269 cm³/mol. The van der Waals surface area contributed by atoms with E-state index in [-0.39, 0.29) is 55.4 Å². The molecule has 0 aliphatic heterocycles. The van der Waals surface area contributed by atoms with Crippen LogP contribution in [0.15, 0.2) is 158 Å². The van der Waals surface area contributed by atoms with Gasteiger partial charge in [-0.3, -0.25) is 9.55 Å². The molecule has 0 saturated carbocycles. The Hall–Kier alpha value is -6.62. The molecule has 0 fully saturated rings. The molecule has 67 heavy (non-hydrogen) atoms. The Kier molecular flexibility index (Phi) is 9.81. The molecule has 10 rings (SSSR count). The van der Waals surface area contributed by atoms with Gasteiger partial charge in [-0.25, -0.2) is 4.98 Å². The first-order chi connectivity index (χ1) is 34.4. The summed E-state index contributed by atoms with van der Waals surface area (Å²) in [5.41, 5.74) is 8.13. The first-order valence-corrected chi connectivity index (χ1v) is 22.2. The molecule has 0 atom stereocenters. The Morgan fingerprint density at radius 2 is 1.34 bits per heavy atom. The summed E-state index contributed by atoms with van der Waals surface area (Å²) in [4.78, 5) is 9.45. The van der Waals surface area contributed by atoms with Gasteiger partial charge in [-0.2, -0.15) is 18.2 Å². The first-order valence-electron chi connectivity index (χ1n) is 25.7. The summed E-state index contributed by atoms with van der Waals surface area (Å²) in [7, 11) is 0. The van der Waals surface area contributed by atoms with Crippen LogP contribution in [0, 0.1) is 23.9 Å². The number of rotatable bonds is 8. The van der Waals surface area contributed by atoms with E-state index in [0.29, 0.717) is 39.6 Å². The molecule has 10 aromatic rings. The zero-order valence-corrected chi connectivity index (χ0v) is 41.4. The topological polar surface area (TPSA) is 48.8 Å². The maximum atomic E-state index is 9.20. The maximum Gasteiger partial charge on any atom is 0.268 e. The van der Waals surface area contributed by atoms with Gasteiger partial charge in [0.2, 0.25) is 0 Å². The van der Waals surface area contributed by atoms with Crippen molar-refractivity contribution in [3.05, 3.63) is 193 Å². The van der Waals surface area contributed by atoms with Crippen molar-refractivity contribution in [3.8, 4) is 51.1 Å². The molecule has 0 radical (unpaired) electrons. The number of aromatic nitrogens is 5. The van der Waals surface area contributed by atoms with Crippen molar-refractivity contribution >= 4 is 32.8 Å². The number of pyridine rings is 2. The van der Waals surface area contributed by atoms with E-state index >= 15 is 0 Å². The molecule has 0 N–H and O–H groups in total. The Balaban J connectivity index is 0.00000672. The first kappa shape index (κ1) is 37.5. The fraction of sp³-hybridized carbons (Fsp3) is 0.217. The monoisotopic (exact) mass is 1060 g/mol. The van der Waals surface area contributed by atoms with Crippen LogP contribution >= 0.6 is 0 Å². The summed E-state index contributed by atoms with van der Waals surface area (Å²) in [6.07, 6.45) is 5.38. The average Bonchev–Trinajstić information content (AvgIpc) is 3.90. The second-order valence-corrected chi connectivity index (χ2v) is 19.8. The van der Waals surface area contributed by atoms with Crippen LogP contribution in [-0.4, -0.2) is 19.1 Å². The van der Waals surface area contributed by atoms with Gasteiger partial charge in [0.05, 0.1) is 23.6 Å². The van der Waals surface area contributed by atoms with Gasteiger partial charge in [0, 0.05) is 41.3 Å². The van der Waals surface area contributed by atoms with Crippen molar-refractivity contribution < 1.29 is 40.0 Å². The van der Waals surface area contributed by atoms with E-state index in [9.17, 15) is 2.74 Å². The summed E-state index contributed by atoms with van der Waals surface area (Å²) >= 11 is 0. The Morgan fingerprint density at radius 1 is 0.672 bits per heavy atom. The minimum Gasteiger partial charge on any atom is -0.484 e. The minimum absolute atomic E-state index is 0. The third-order valence-electron chi connectivity index (χ3n) is 11.7. The van der Waals surface area contributed by atoms with Crippen molar-refractivity contribution in [1.82, 2.24) is 19.1 Å². The van der Waals surface area contributed by atoms with E-state index in [1.54, 1.807) is 30.6 Å². The molecule has 0 aliphatic carbocycles. The van der Waals surface area contributed by atoms with Crippen molar-refractivity contribution in [2.24, 2.45) is 5.41 Å². The van der Waals surface area contributed by atoms with E-state index < -0.39 is 29.9 Å². The van der Waals surface area contributed by atoms with Gasteiger partial charge in [0.15, 0.2) is 0 Å². The molecule has 0 unspecified atom stereocenters. The minimum atomic E-state index is -1.64. The predicted octanol–water partition coefficient (Wildman–Crippen LogP) is 14.5. The molecule has 0 bridgehead atoms. The largest absolute Gasteiger partial charge is 0.484 e. The zero-order valence-electron chi connectivity index (χ0n) is 46.1. The quantitative estimate of drug-likeness (QED) is 0.113. The summed E-state index contributed by atoms with van der Waals surface area (Å²) in [5, 5.41) is 1.76. The van der Waals surface area contributed by atoms with Gasteiger partial charge in [-0.15, -0.1) is 23.0 Å². The van der Waals surface area contributed by atoms with Crippen LogP contribution in [0.25, 0.3) is 72.3 Å². The van der Waals surface area contributed by atoms with Crippen LogP contribution in [-0.2, 0) is 38.3 Å². The molecule has 0 aliphatic rings. The molecule has 4 aromatic heterocycles. The number of hydrogen-bond donors (Lipinski definition) is 0. The van der Waals surface area contributed by atoms with Crippen molar-refractivity contribution in [2.45, 2.75) is 79.5 Å². The number of benzene rings is 6. The van der Waals surface area contributed by atoms with E-state index in [1.807, 2.05) is 113 Å². The van der Waals surface area contributed by atoms with Crippen molar-refractivity contribution in [2.75, 3.05) is 0 Å². The van der Waals surface area contributed by atoms with Gasteiger partial charge in [0.1, 0.15) is 11.7 Å². The normalized spacial score (nSPS) is 13.9. The number of imidazole rings is 1. The SMILES string of the molecule is [2H]c1c([2H])c([2H])c(-c2cccc(-c3cc(C(C)(C)C)cc(C(C)(C)C)c3)c2-[n+]2[c-]n(-c3[c-]c(Oc4[c-]c5c(cn4)c4ccccc4n5-c4cc(C([2H])([2H])C(C)(C)C)ccn4)ccc3)c3ccccc32)c([2H])c1[2H].[Pt]. The van der Waals surface area contributed by atoms with Gasteiger partial charge >= 0.3 is 0 Å². The fourth-order valence-corrected chi connectivity index (χ4v) is 8.50. The van der Waals surface area contributed by atoms with E-state index in [0.717, 1.165) is 49.6 Å². The number of fused-ring (bicyclic) bond motifs is 4. The molecular weight excluding hydrogens is 1000 g/mol. The smallest absolute Gasteiger partial charge is 0.268 e. The third kappa shape index (κ3) is 9.00. The van der Waals surface area contributed by atoms with Crippen molar-refractivity contribution in [3.63, 3.8) is 0 Å². The van der Waals surface area contributed by atoms with E-state index in [2.05, 4.69) is 78.2 Å². The summed E-state index contributed by atoms with van der Waals surface area (Å²) < 4.78 is 74.6. The zero-order chi connectivity index (χ0) is 52.1. The molecule has 6 nitrogen and oxygen atoms in total. The molecule has 4 heterocycles. The second-order valence-electron chi connectivity index (χ2n) is 19.8. The number of hydrogen-bond acceptors (Lipinski definition) is 3. The number of para-hydroxylation sites is 4. The van der Waals surface area contributed by atoms with E-state index in [4.69, 9.17) is 21.6 Å². The van der Waals surface area contributed by atoms with Crippen LogP contribution in [0.5, 0.6) is 11.6 Å². The number of nitrogens with zero attached hydrogens (tertiary/aromatic N) is 5. The van der Waals surface area contributed by atoms with Crippen LogP contribution in [0.2, 0.25) is 0 Å². The molecule has 0 amide bonds. The summed E-state index contributed by atoms with van der Waals surface area (Å²) in [5.74, 6) is 1.08. The van der Waals surface area contributed by atoms with Crippen LogP contribution < -0.4 is 9.30 Å². The third-order valence-corrected chi connectivity index (χ3v) is 11.7. The van der Waals surface area contributed by atoms with Crippen LogP contribution in [0.4, 0.5) is 0 Å². The second kappa shape index (κ2) is 17.6. The number of ether oxygens (including phenoxy) is 1. The van der Waals surface area contributed by atoms with Crippen LogP contribution in [0.1, 0.15) is 88.6 Å². The van der Waals surface area contributed by atoms with Gasteiger partial charge in [0.25, 0.3) is 6.33 Å². The summed E-state index contributed by atoms with van der Waals surface area (Å²) in [6.45, 7) is 18.8. The maximum absolute atomic E-state index is 9.20. The molecule has 338 valence electrons. The molecule has 0 spiro atoms. The molecule has 7 heteroatoms. The molecule has 6 aromatic carbocycles. The Bertz CT molecular complexity index is 3780. The Labute approximate surface area is 419 Å². The van der Waals surface area contributed by atoms with Crippen LogP contribution in [0.3, 0.4) is 0 Å². The molecule has 0 saturated heterocycles. The van der Waals surface area contributed by atoms with E-state index in [1.165, 1.54) is 0 Å². The fourth-order valence-electron chi connectivity index (χ4n) is 8.50. The van der Waals surface area contributed by atoms with Gasteiger partial charge < -0.3 is 13.9 Å². The summed E-state index contributed by atoms with van der Waals surface area (Å²) in [6, 6.07) is 42.2. The van der Waals surface area contributed by atoms with Gasteiger partial charge in [-0.05, 0) is 91.6 Å². The van der Waals surface area contributed by atoms with Crippen molar-refractivity contribution in [1.29, 1.82) is 0 Å². The standard InChI is InChI=1S/C60H55N5O.Pt/c1-58(2,3)37-40-29-30-61-55(31-40)65-51-26-14-13-23-49(51)50-38-62-56(36-54(50)65)66-46-22-17-21-45(35-46)63-39-64(53-28-16-15-27-52(53)63)57-47(41-19-11-10-12-20-41)24-18-25-48(57)42-32-43(59(4,5)6)34-44(33-42)60(7,8)9;/h10-34,38H,37H2,1-9H3;/q-2;/i10D,11D,12D,19D,20D,37D2;. The average molecular weight is 1060 g/mol.